The summed E-state index contributed by atoms with van der Waals surface area (Å²) >= 11 is 5.90. The number of aryl methyl sites for hydroxylation is 1. The molecule has 1 aromatic heterocycles. The molecule has 4 nitrogen and oxygen atoms in total. The van der Waals surface area contributed by atoms with Gasteiger partial charge in [-0.15, -0.1) is 0 Å². The van der Waals surface area contributed by atoms with Crippen LogP contribution < -0.4 is 5.32 Å². The molecule has 2 aromatic carbocycles. The first-order valence-corrected chi connectivity index (χ1v) is 10.4. The predicted octanol–water partition coefficient (Wildman–Crippen LogP) is 4.96. The number of benzene rings is 2. The van der Waals surface area contributed by atoms with Crippen LogP contribution in [-0.2, 0) is 17.8 Å². The standard InChI is InChI=1S/C23H26ClN3O/c24-20-6-3-18(4-7-20)5-10-23(28)25-21-8-9-22-19(17-21)11-14-27(22)16-15-26-12-1-2-13-26/h3-4,6-9,11,14,17H,1-2,5,10,12-13,15-16H2,(H,25,28). The Morgan fingerprint density at radius 1 is 1.00 bits per heavy atom. The third-order valence-electron chi connectivity index (χ3n) is 5.46. The van der Waals surface area contributed by atoms with Crippen molar-refractivity contribution in [1.29, 1.82) is 0 Å². The summed E-state index contributed by atoms with van der Waals surface area (Å²) in [5, 5.41) is 4.90. The largest absolute Gasteiger partial charge is 0.346 e. The second-order valence-corrected chi connectivity index (χ2v) is 7.94. The fourth-order valence-electron chi connectivity index (χ4n) is 3.86. The summed E-state index contributed by atoms with van der Waals surface area (Å²) in [4.78, 5) is 14.8. The van der Waals surface area contributed by atoms with Gasteiger partial charge in [0.1, 0.15) is 0 Å². The number of amides is 1. The van der Waals surface area contributed by atoms with Crippen molar-refractivity contribution in [3.8, 4) is 0 Å². The number of halogens is 1. The van der Waals surface area contributed by atoms with E-state index in [4.69, 9.17) is 11.6 Å². The molecule has 1 N–H and O–H groups in total. The Bertz CT molecular complexity index is 942. The smallest absolute Gasteiger partial charge is 0.224 e. The third kappa shape index (κ3) is 4.75. The van der Waals surface area contributed by atoms with Crippen LogP contribution in [0, 0.1) is 0 Å². The number of carbonyl (C=O) groups excluding carboxylic acids is 1. The molecular weight excluding hydrogens is 370 g/mol. The minimum atomic E-state index is 0.0303. The van der Waals surface area contributed by atoms with Crippen molar-refractivity contribution in [2.24, 2.45) is 0 Å². The van der Waals surface area contributed by atoms with E-state index >= 15 is 0 Å². The Hall–Kier alpha value is -2.30. The van der Waals surface area contributed by atoms with Crippen LogP contribution in [0.15, 0.2) is 54.7 Å². The van der Waals surface area contributed by atoms with Gasteiger partial charge in [-0.25, -0.2) is 0 Å². The predicted molar refractivity (Wildman–Crippen MR) is 116 cm³/mol. The summed E-state index contributed by atoms with van der Waals surface area (Å²) in [6.07, 6.45) is 5.96. The van der Waals surface area contributed by atoms with E-state index in [-0.39, 0.29) is 5.91 Å². The van der Waals surface area contributed by atoms with Gasteiger partial charge in [0.05, 0.1) is 0 Å². The number of fused-ring (bicyclic) bond motifs is 1. The van der Waals surface area contributed by atoms with Crippen LogP contribution in [0.2, 0.25) is 5.02 Å². The summed E-state index contributed by atoms with van der Waals surface area (Å²) in [7, 11) is 0. The number of hydrogen-bond acceptors (Lipinski definition) is 2. The van der Waals surface area contributed by atoms with Crippen LogP contribution in [0.3, 0.4) is 0 Å². The molecule has 0 aliphatic carbocycles. The van der Waals surface area contributed by atoms with Gasteiger partial charge in [0, 0.05) is 47.3 Å². The van der Waals surface area contributed by atoms with Gasteiger partial charge in [0.2, 0.25) is 5.91 Å². The highest BCUT2D eigenvalue weighted by Gasteiger charge is 2.12. The highest BCUT2D eigenvalue weighted by molar-refractivity contribution is 6.30. The molecule has 4 rings (SSSR count). The minimum Gasteiger partial charge on any atom is -0.346 e. The molecule has 1 aliphatic heterocycles. The Kier molecular flexibility index (Phi) is 5.98. The molecule has 1 fully saturated rings. The summed E-state index contributed by atoms with van der Waals surface area (Å²) in [5.41, 5.74) is 3.19. The zero-order chi connectivity index (χ0) is 19.3. The van der Waals surface area contributed by atoms with Crippen LogP contribution in [0.5, 0.6) is 0 Å². The summed E-state index contributed by atoms with van der Waals surface area (Å²) in [5.74, 6) is 0.0303. The van der Waals surface area contributed by atoms with E-state index in [1.54, 1.807) is 0 Å². The molecule has 0 unspecified atom stereocenters. The molecule has 1 saturated heterocycles. The Morgan fingerprint density at radius 2 is 1.79 bits per heavy atom. The maximum atomic E-state index is 12.3. The van der Waals surface area contributed by atoms with Crippen molar-refractivity contribution in [3.05, 3.63) is 65.3 Å². The molecule has 146 valence electrons. The average molecular weight is 396 g/mol. The fourth-order valence-corrected chi connectivity index (χ4v) is 3.99. The molecule has 0 saturated carbocycles. The maximum absolute atomic E-state index is 12.3. The molecule has 0 spiro atoms. The first-order chi connectivity index (χ1) is 13.7. The van der Waals surface area contributed by atoms with Crippen LogP contribution in [0.1, 0.15) is 24.8 Å². The van der Waals surface area contributed by atoms with Gasteiger partial charge < -0.3 is 14.8 Å². The van der Waals surface area contributed by atoms with Gasteiger partial charge in [-0.05, 0) is 74.3 Å². The average Bonchev–Trinajstić information content (AvgIpc) is 3.35. The summed E-state index contributed by atoms with van der Waals surface area (Å²) in [6.45, 7) is 4.57. The molecule has 1 amide bonds. The van der Waals surface area contributed by atoms with E-state index in [9.17, 15) is 4.79 Å². The van der Waals surface area contributed by atoms with Gasteiger partial charge in [0.25, 0.3) is 0 Å². The minimum absolute atomic E-state index is 0.0303. The first kappa shape index (κ1) is 19.0. The lowest BCUT2D eigenvalue weighted by Crippen LogP contribution is -2.23. The molecule has 3 aromatic rings. The normalized spacial score (nSPS) is 14.6. The van der Waals surface area contributed by atoms with E-state index in [2.05, 4.69) is 39.2 Å². The molecule has 28 heavy (non-hydrogen) atoms. The topological polar surface area (TPSA) is 37.3 Å². The number of likely N-dealkylation sites (tertiary alicyclic amines) is 1. The lowest BCUT2D eigenvalue weighted by atomic mass is 10.1. The second-order valence-electron chi connectivity index (χ2n) is 7.51. The van der Waals surface area contributed by atoms with Crippen molar-refractivity contribution < 1.29 is 4.79 Å². The number of hydrogen-bond donors (Lipinski definition) is 1. The van der Waals surface area contributed by atoms with Crippen molar-refractivity contribution in [1.82, 2.24) is 9.47 Å². The maximum Gasteiger partial charge on any atom is 0.224 e. The van der Waals surface area contributed by atoms with E-state index in [0.717, 1.165) is 29.7 Å². The first-order valence-electron chi connectivity index (χ1n) is 10.0. The SMILES string of the molecule is O=C(CCc1ccc(Cl)cc1)Nc1ccc2c(ccn2CCN2CCCC2)c1. The third-order valence-corrected chi connectivity index (χ3v) is 5.72. The second kappa shape index (κ2) is 8.80. The van der Waals surface area contributed by atoms with Gasteiger partial charge in [-0.3, -0.25) is 4.79 Å². The van der Waals surface area contributed by atoms with Crippen LogP contribution in [-0.4, -0.2) is 35.0 Å². The number of nitrogens with zero attached hydrogens (tertiary/aromatic N) is 2. The Morgan fingerprint density at radius 3 is 2.57 bits per heavy atom. The van der Waals surface area contributed by atoms with E-state index in [1.165, 1.54) is 31.4 Å². The van der Waals surface area contributed by atoms with Crippen molar-refractivity contribution in [2.75, 3.05) is 25.0 Å². The van der Waals surface area contributed by atoms with Crippen molar-refractivity contribution >= 4 is 34.1 Å². The molecule has 0 radical (unpaired) electrons. The van der Waals surface area contributed by atoms with Gasteiger partial charge in [-0.1, -0.05) is 23.7 Å². The fraction of sp³-hybridized carbons (Fsp3) is 0.348. The monoisotopic (exact) mass is 395 g/mol. The number of anilines is 1. The van der Waals surface area contributed by atoms with Crippen LogP contribution in [0.25, 0.3) is 10.9 Å². The van der Waals surface area contributed by atoms with Crippen molar-refractivity contribution in [2.45, 2.75) is 32.2 Å². The van der Waals surface area contributed by atoms with Crippen LogP contribution >= 0.6 is 11.6 Å². The summed E-state index contributed by atoms with van der Waals surface area (Å²) in [6, 6.07) is 15.9. The van der Waals surface area contributed by atoms with E-state index < -0.39 is 0 Å². The lowest BCUT2D eigenvalue weighted by Gasteiger charge is -2.15. The zero-order valence-corrected chi connectivity index (χ0v) is 16.8. The van der Waals surface area contributed by atoms with Crippen molar-refractivity contribution in [3.63, 3.8) is 0 Å². The molecule has 0 atom stereocenters. The highest BCUT2D eigenvalue weighted by Crippen LogP contribution is 2.21. The number of aromatic nitrogens is 1. The van der Waals surface area contributed by atoms with Gasteiger partial charge >= 0.3 is 0 Å². The molecule has 0 bridgehead atoms. The Balaban J connectivity index is 1.33. The highest BCUT2D eigenvalue weighted by atomic mass is 35.5. The number of rotatable bonds is 7. The molecular formula is C23H26ClN3O. The van der Waals surface area contributed by atoms with E-state index in [0.29, 0.717) is 17.9 Å². The molecule has 5 heteroatoms. The summed E-state index contributed by atoms with van der Waals surface area (Å²) < 4.78 is 2.31. The molecule has 1 aliphatic rings. The quantitative estimate of drug-likeness (QED) is 0.613. The number of carbonyl (C=O) groups is 1. The zero-order valence-electron chi connectivity index (χ0n) is 16.0. The number of nitrogens with one attached hydrogen (secondary N) is 1. The lowest BCUT2D eigenvalue weighted by molar-refractivity contribution is -0.116. The van der Waals surface area contributed by atoms with Crippen LogP contribution in [0.4, 0.5) is 5.69 Å². The molecule has 2 heterocycles. The van der Waals surface area contributed by atoms with Gasteiger partial charge in [-0.2, -0.15) is 0 Å². The van der Waals surface area contributed by atoms with Gasteiger partial charge in [0.15, 0.2) is 0 Å². The van der Waals surface area contributed by atoms with E-state index in [1.807, 2.05) is 30.3 Å². The Labute approximate surface area is 171 Å².